The molecule has 5 nitrogen and oxygen atoms in total. The van der Waals surface area contributed by atoms with E-state index in [1.54, 1.807) is 6.92 Å². The number of carbonyl (C=O) groups excluding carboxylic acids is 1. The third-order valence-corrected chi connectivity index (χ3v) is 6.18. The lowest BCUT2D eigenvalue weighted by Gasteiger charge is -2.34. The number of aryl methyl sites for hydroxylation is 3. The van der Waals surface area contributed by atoms with Crippen molar-refractivity contribution in [3.63, 3.8) is 0 Å². The highest BCUT2D eigenvalue weighted by atomic mass is 32.2. The Kier molecular flexibility index (Phi) is 5.04. The standard InChI is InChI=1S/C16H24N2O3S/c1-12-9-13(2)16(14(3)10-12)22(20,21)18-7-5-17(6-8-18)11-15(4)19/h9-10H,5-8,11H2,1-4H3. The SMILES string of the molecule is CC(=O)CN1CCN(S(=O)(=O)c2c(C)cc(C)cc2C)CC1. The van der Waals surface area contributed by atoms with E-state index in [2.05, 4.69) is 0 Å². The summed E-state index contributed by atoms with van der Waals surface area (Å²) in [4.78, 5) is 13.6. The average Bonchev–Trinajstić information content (AvgIpc) is 2.36. The van der Waals surface area contributed by atoms with E-state index in [1.807, 2.05) is 37.8 Å². The van der Waals surface area contributed by atoms with E-state index in [0.29, 0.717) is 37.6 Å². The third-order valence-electron chi connectivity index (χ3n) is 3.98. The lowest BCUT2D eigenvalue weighted by atomic mass is 10.1. The van der Waals surface area contributed by atoms with Crippen molar-refractivity contribution in [2.45, 2.75) is 32.6 Å². The van der Waals surface area contributed by atoms with E-state index in [1.165, 1.54) is 4.31 Å². The van der Waals surface area contributed by atoms with Crippen molar-refractivity contribution in [1.29, 1.82) is 0 Å². The molecule has 0 aliphatic carbocycles. The molecule has 1 heterocycles. The summed E-state index contributed by atoms with van der Waals surface area (Å²) >= 11 is 0. The van der Waals surface area contributed by atoms with Crippen LogP contribution in [-0.4, -0.2) is 56.1 Å². The summed E-state index contributed by atoms with van der Waals surface area (Å²) in [5.74, 6) is 0.113. The number of piperazine rings is 1. The fourth-order valence-corrected chi connectivity index (χ4v) is 4.98. The smallest absolute Gasteiger partial charge is 0.243 e. The monoisotopic (exact) mass is 324 g/mol. The fourth-order valence-electron chi connectivity index (χ4n) is 3.15. The van der Waals surface area contributed by atoms with Crippen molar-refractivity contribution in [3.8, 4) is 0 Å². The molecule has 0 radical (unpaired) electrons. The number of nitrogens with zero attached hydrogens (tertiary/aromatic N) is 2. The largest absolute Gasteiger partial charge is 0.299 e. The van der Waals surface area contributed by atoms with Gasteiger partial charge in [-0.2, -0.15) is 4.31 Å². The normalized spacial score (nSPS) is 17.6. The maximum atomic E-state index is 12.9. The third kappa shape index (κ3) is 3.56. The van der Waals surface area contributed by atoms with Crippen molar-refractivity contribution in [1.82, 2.24) is 9.21 Å². The van der Waals surface area contributed by atoms with E-state index >= 15 is 0 Å². The Labute approximate surface area is 133 Å². The van der Waals surface area contributed by atoms with Gasteiger partial charge in [0.2, 0.25) is 10.0 Å². The second-order valence-corrected chi connectivity index (χ2v) is 7.98. The molecule has 0 aromatic heterocycles. The number of Topliss-reactive ketones (excluding diaryl/α,β-unsaturated/α-hetero) is 1. The molecule has 1 aromatic carbocycles. The van der Waals surface area contributed by atoms with Gasteiger partial charge in [0.15, 0.2) is 0 Å². The first-order chi connectivity index (χ1) is 10.2. The zero-order valence-electron chi connectivity index (χ0n) is 13.7. The minimum Gasteiger partial charge on any atom is -0.299 e. The Morgan fingerprint density at radius 1 is 1.05 bits per heavy atom. The molecule has 0 N–H and O–H groups in total. The molecule has 0 unspecified atom stereocenters. The Morgan fingerprint density at radius 3 is 2.00 bits per heavy atom. The number of benzene rings is 1. The summed E-state index contributed by atoms with van der Waals surface area (Å²) < 4.78 is 27.4. The summed E-state index contributed by atoms with van der Waals surface area (Å²) in [6.45, 7) is 9.68. The molecule has 122 valence electrons. The van der Waals surface area contributed by atoms with E-state index in [4.69, 9.17) is 0 Å². The molecule has 0 bridgehead atoms. The van der Waals surface area contributed by atoms with E-state index in [9.17, 15) is 13.2 Å². The van der Waals surface area contributed by atoms with Crippen molar-refractivity contribution in [3.05, 3.63) is 28.8 Å². The molecule has 2 rings (SSSR count). The molecule has 22 heavy (non-hydrogen) atoms. The first-order valence-electron chi connectivity index (χ1n) is 7.51. The van der Waals surface area contributed by atoms with Crippen LogP contribution in [-0.2, 0) is 14.8 Å². The van der Waals surface area contributed by atoms with Gasteiger partial charge in [0.1, 0.15) is 5.78 Å². The Balaban J connectivity index is 2.21. The molecular formula is C16H24N2O3S. The molecular weight excluding hydrogens is 300 g/mol. The zero-order valence-corrected chi connectivity index (χ0v) is 14.5. The van der Waals surface area contributed by atoms with Crippen LogP contribution in [0.4, 0.5) is 0 Å². The molecule has 0 saturated carbocycles. The Bertz CT molecular complexity index is 652. The van der Waals surface area contributed by atoms with Gasteiger partial charge < -0.3 is 0 Å². The van der Waals surface area contributed by atoms with Gasteiger partial charge in [0, 0.05) is 26.2 Å². The van der Waals surface area contributed by atoms with Crippen LogP contribution < -0.4 is 0 Å². The highest BCUT2D eigenvalue weighted by Gasteiger charge is 2.30. The van der Waals surface area contributed by atoms with E-state index in [-0.39, 0.29) is 5.78 Å². The van der Waals surface area contributed by atoms with Gasteiger partial charge in [0.25, 0.3) is 0 Å². The van der Waals surface area contributed by atoms with Crippen molar-refractivity contribution >= 4 is 15.8 Å². The van der Waals surface area contributed by atoms with Crippen LogP contribution in [0.15, 0.2) is 17.0 Å². The number of sulfonamides is 1. The summed E-state index contributed by atoms with van der Waals surface area (Å²) in [5, 5.41) is 0. The van der Waals surface area contributed by atoms with Crippen LogP contribution in [0.1, 0.15) is 23.6 Å². The van der Waals surface area contributed by atoms with Gasteiger partial charge >= 0.3 is 0 Å². The van der Waals surface area contributed by atoms with Crippen LogP contribution in [0.25, 0.3) is 0 Å². The maximum Gasteiger partial charge on any atom is 0.243 e. The summed E-state index contributed by atoms with van der Waals surface area (Å²) in [6, 6.07) is 3.82. The van der Waals surface area contributed by atoms with Gasteiger partial charge in [-0.05, 0) is 38.8 Å². The highest BCUT2D eigenvalue weighted by molar-refractivity contribution is 7.89. The summed E-state index contributed by atoms with van der Waals surface area (Å²) in [5.41, 5.74) is 2.66. The molecule has 1 saturated heterocycles. The summed E-state index contributed by atoms with van der Waals surface area (Å²) in [6.07, 6.45) is 0. The van der Waals surface area contributed by atoms with Crippen LogP contribution in [0.5, 0.6) is 0 Å². The lowest BCUT2D eigenvalue weighted by Crippen LogP contribution is -2.49. The molecule has 0 spiro atoms. The second kappa shape index (κ2) is 6.48. The second-order valence-electron chi connectivity index (χ2n) is 6.11. The summed E-state index contributed by atoms with van der Waals surface area (Å²) in [7, 11) is -3.47. The van der Waals surface area contributed by atoms with Gasteiger partial charge in [-0.1, -0.05) is 17.7 Å². The molecule has 1 fully saturated rings. The van der Waals surface area contributed by atoms with Crippen LogP contribution in [0.2, 0.25) is 0 Å². The maximum absolute atomic E-state index is 12.9. The van der Waals surface area contributed by atoms with Crippen LogP contribution in [0, 0.1) is 20.8 Å². The predicted octanol–water partition coefficient (Wildman–Crippen LogP) is 1.51. The van der Waals surface area contributed by atoms with Crippen LogP contribution >= 0.6 is 0 Å². The Morgan fingerprint density at radius 2 is 1.55 bits per heavy atom. The highest BCUT2D eigenvalue weighted by Crippen LogP contribution is 2.25. The van der Waals surface area contributed by atoms with Gasteiger partial charge in [-0.15, -0.1) is 0 Å². The van der Waals surface area contributed by atoms with Crippen molar-refractivity contribution in [2.75, 3.05) is 32.7 Å². The van der Waals surface area contributed by atoms with Gasteiger partial charge in [-0.3, -0.25) is 9.69 Å². The van der Waals surface area contributed by atoms with Crippen LogP contribution in [0.3, 0.4) is 0 Å². The zero-order chi connectivity index (χ0) is 16.5. The van der Waals surface area contributed by atoms with Crippen molar-refractivity contribution in [2.24, 2.45) is 0 Å². The molecule has 1 aliphatic rings. The number of carbonyl (C=O) groups is 1. The van der Waals surface area contributed by atoms with Crippen molar-refractivity contribution < 1.29 is 13.2 Å². The minimum absolute atomic E-state index is 0.113. The number of hydrogen-bond donors (Lipinski definition) is 0. The molecule has 0 amide bonds. The fraction of sp³-hybridized carbons (Fsp3) is 0.562. The predicted molar refractivity (Wildman–Crippen MR) is 86.5 cm³/mol. The average molecular weight is 324 g/mol. The lowest BCUT2D eigenvalue weighted by molar-refractivity contribution is -0.118. The van der Waals surface area contributed by atoms with Gasteiger partial charge in [-0.25, -0.2) is 8.42 Å². The molecule has 1 aliphatic heterocycles. The number of hydrogen-bond acceptors (Lipinski definition) is 4. The Hall–Kier alpha value is -1.24. The first kappa shape index (κ1) is 17.1. The quantitative estimate of drug-likeness (QED) is 0.842. The molecule has 0 atom stereocenters. The van der Waals surface area contributed by atoms with E-state index in [0.717, 1.165) is 16.7 Å². The number of rotatable bonds is 4. The number of ketones is 1. The minimum atomic E-state index is -3.47. The van der Waals surface area contributed by atoms with E-state index < -0.39 is 10.0 Å². The first-order valence-corrected chi connectivity index (χ1v) is 8.95. The molecule has 1 aromatic rings. The molecule has 6 heteroatoms. The topological polar surface area (TPSA) is 57.7 Å². The van der Waals surface area contributed by atoms with Gasteiger partial charge in [0.05, 0.1) is 11.4 Å².